The van der Waals surface area contributed by atoms with Gasteiger partial charge in [0, 0.05) is 0 Å². The van der Waals surface area contributed by atoms with Crippen molar-refractivity contribution in [2.75, 3.05) is 0 Å². The van der Waals surface area contributed by atoms with Crippen molar-refractivity contribution in [1.82, 2.24) is 0 Å². The highest BCUT2D eigenvalue weighted by molar-refractivity contribution is 8.05. The van der Waals surface area contributed by atoms with Crippen molar-refractivity contribution < 1.29 is 0 Å². The summed E-state index contributed by atoms with van der Waals surface area (Å²) in [7, 11) is -2.44. The number of rotatable bonds is 10. The van der Waals surface area contributed by atoms with E-state index in [0.717, 1.165) is 6.42 Å². The first-order chi connectivity index (χ1) is 20.8. The van der Waals surface area contributed by atoms with E-state index in [9.17, 15) is 0 Å². The summed E-state index contributed by atoms with van der Waals surface area (Å²) in [6.07, 6.45) is 1.05. The van der Waals surface area contributed by atoms with Crippen LogP contribution in [0, 0.1) is 0 Å². The molecule has 0 aliphatic rings. The van der Waals surface area contributed by atoms with Crippen LogP contribution >= 0.6 is 23.8 Å². The van der Waals surface area contributed by atoms with Crippen LogP contribution < -0.4 is 31.8 Å². The van der Waals surface area contributed by atoms with Crippen molar-refractivity contribution in [3.8, 4) is 0 Å². The first-order valence-corrected chi connectivity index (χ1v) is 18.6. The molecule has 0 bridgehead atoms. The van der Waals surface area contributed by atoms with E-state index in [1.807, 2.05) is 0 Å². The van der Waals surface area contributed by atoms with Crippen LogP contribution in [-0.2, 0) is 0 Å². The van der Waals surface area contributed by atoms with Gasteiger partial charge in [0.1, 0.15) is 0 Å². The van der Waals surface area contributed by atoms with Gasteiger partial charge in [-0.1, -0.05) is 189 Å². The Morgan fingerprint density at radius 1 is 0.310 bits per heavy atom. The maximum atomic E-state index is 2.46. The molecule has 0 unspecified atom stereocenters. The second-order valence-corrected chi connectivity index (χ2v) is 18.6. The van der Waals surface area contributed by atoms with Gasteiger partial charge in [-0.15, -0.1) is 0 Å². The van der Waals surface area contributed by atoms with E-state index in [1.54, 1.807) is 0 Å². The third-order valence-corrected chi connectivity index (χ3v) is 19.2. The molecule has 0 radical (unpaired) electrons. The molecule has 0 heterocycles. The van der Waals surface area contributed by atoms with E-state index < -0.39 is 23.8 Å². The van der Waals surface area contributed by atoms with Crippen LogP contribution in [0.5, 0.6) is 0 Å². The zero-order chi connectivity index (χ0) is 28.6. The summed E-state index contributed by atoms with van der Waals surface area (Å²) in [4.78, 5) is 0. The fourth-order valence-corrected chi connectivity index (χ4v) is 19.6. The lowest BCUT2D eigenvalue weighted by Crippen LogP contribution is -2.41. The normalized spacial score (nSPS) is 11.7. The van der Waals surface area contributed by atoms with Crippen molar-refractivity contribution in [3.05, 3.63) is 182 Å². The molecule has 6 rings (SSSR count). The quantitative estimate of drug-likeness (QED) is 0.139. The molecule has 3 heteroatoms. The van der Waals surface area contributed by atoms with E-state index in [-0.39, 0.29) is 4.64 Å². The monoisotopic (exact) mass is 596 g/mol. The Labute approximate surface area is 254 Å². The summed E-state index contributed by atoms with van der Waals surface area (Å²) in [5, 5.41) is 8.66. The second kappa shape index (κ2) is 13.7. The van der Waals surface area contributed by atoms with Crippen LogP contribution in [0.4, 0.5) is 0 Å². The molecule has 206 valence electrons. The second-order valence-electron chi connectivity index (χ2n) is 10.1. The maximum absolute atomic E-state index is 2.46. The standard InChI is InChI=1S/C39H35P3/c1-2-39(40(33-21-9-3-10-22-33)34-23-11-4-12-24-34,41(35-25-13-5-14-26-35)36-27-15-6-16-28-36)42(37-29-17-7-18-30-37)38-31-19-8-20-32-38/h3-32H,2H2,1H3. The van der Waals surface area contributed by atoms with Crippen molar-refractivity contribution in [1.29, 1.82) is 0 Å². The summed E-state index contributed by atoms with van der Waals surface area (Å²) < 4.78 is -0.0892. The highest BCUT2D eigenvalue weighted by Gasteiger charge is 2.53. The highest BCUT2D eigenvalue weighted by atomic mass is 31.2. The number of hydrogen-bond donors (Lipinski definition) is 0. The van der Waals surface area contributed by atoms with Crippen LogP contribution in [0.1, 0.15) is 13.3 Å². The molecule has 42 heavy (non-hydrogen) atoms. The number of hydrogen-bond acceptors (Lipinski definition) is 0. The van der Waals surface area contributed by atoms with Gasteiger partial charge in [0.25, 0.3) is 0 Å². The molecule has 0 aromatic heterocycles. The molecular weight excluding hydrogens is 561 g/mol. The molecule has 0 saturated heterocycles. The fraction of sp³-hybridized carbons (Fsp3) is 0.0769. The molecule has 0 saturated carbocycles. The Morgan fingerprint density at radius 3 is 0.619 bits per heavy atom. The van der Waals surface area contributed by atoms with Crippen molar-refractivity contribution in [2.45, 2.75) is 18.0 Å². The summed E-state index contributed by atoms with van der Waals surface area (Å²) in [5.74, 6) is 0. The Bertz CT molecular complexity index is 1320. The van der Waals surface area contributed by atoms with Gasteiger partial charge < -0.3 is 0 Å². The predicted octanol–water partition coefficient (Wildman–Crippen LogP) is 8.45. The van der Waals surface area contributed by atoms with Crippen LogP contribution in [0.2, 0.25) is 0 Å². The molecule has 0 nitrogen and oxygen atoms in total. The zero-order valence-corrected chi connectivity index (χ0v) is 26.6. The SMILES string of the molecule is CCC(P(c1ccccc1)c1ccccc1)(P(c1ccccc1)c1ccccc1)P(c1ccccc1)c1ccccc1. The van der Waals surface area contributed by atoms with Gasteiger partial charge in [0.2, 0.25) is 0 Å². The first-order valence-electron chi connectivity index (χ1n) is 14.5. The van der Waals surface area contributed by atoms with Crippen LogP contribution in [0.25, 0.3) is 0 Å². The third kappa shape index (κ3) is 5.78. The van der Waals surface area contributed by atoms with Gasteiger partial charge in [-0.05, 0) is 62.0 Å². The lowest BCUT2D eigenvalue weighted by atomic mass is 10.4. The van der Waals surface area contributed by atoms with E-state index in [4.69, 9.17) is 0 Å². The zero-order valence-electron chi connectivity index (χ0n) is 23.9. The molecule has 0 atom stereocenters. The minimum Gasteiger partial charge on any atom is -0.0638 e. The number of benzene rings is 6. The summed E-state index contributed by atoms with van der Waals surface area (Å²) in [6, 6.07) is 68.3. The lowest BCUT2D eigenvalue weighted by molar-refractivity contribution is 0.984. The summed E-state index contributed by atoms with van der Waals surface area (Å²) in [6.45, 7) is 2.46. The van der Waals surface area contributed by atoms with Crippen molar-refractivity contribution in [2.24, 2.45) is 0 Å². The van der Waals surface area contributed by atoms with Crippen LogP contribution in [0.15, 0.2) is 182 Å². The highest BCUT2D eigenvalue weighted by Crippen LogP contribution is 2.79. The smallest absolute Gasteiger partial charge is 0.0543 e. The molecule has 6 aromatic rings. The van der Waals surface area contributed by atoms with Gasteiger partial charge in [-0.25, -0.2) is 0 Å². The largest absolute Gasteiger partial charge is 0.0638 e. The van der Waals surface area contributed by atoms with E-state index in [0.29, 0.717) is 0 Å². The van der Waals surface area contributed by atoms with E-state index >= 15 is 0 Å². The first kappa shape index (κ1) is 28.7. The topological polar surface area (TPSA) is 0 Å². The van der Waals surface area contributed by atoms with Crippen molar-refractivity contribution >= 4 is 55.6 Å². The molecule has 0 aliphatic heterocycles. The lowest BCUT2D eigenvalue weighted by Gasteiger charge is -2.52. The molecule has 0 spiro atoms. The Morgan fingerprint density at radius 2 is 0.476 bits per heavy atom. The Hall–Kier alpha value is -3.39. The summed E-state index contributed by atoms with van der Waals surface area (Å²) >= 11 is 0. The van der Waals surface area contributed by atoms with Crippen LogP contribution in [-0.4, -0.2) is 4.64 Å². The molecule has 0 fully saturated rings. The minimum absolute atomic E-state index is 0.0892. The van der Waals surface area contributed by atoms with Gasteiger partial charge >= 0.3 is 0 Å². The van der Waals surface area contributed by atoms with Crippen LogP contribution in [0.3, 0.4) is 0 Å². The van der Waals surface area contributed by atoms with Gasteiger partial charge in [0.15, 0.2) is 0 Å². The predicted molar refractivity (Wildman–Crippen MR) is 190 cm³/mol. The van der Waals surface area contributed by atoms with E-state index in [1.165, 1.54) is 31.8 Å². The average molecular weight is 597 g/mol. The Kier molecular flexibility index (Phi) is 9.38. The van der Waals surface area contributed by atoms with Crippen molar-refractivity contribution in [3.63, 3.8) is 0 Å². The molecule has 0 N–H and O–H groups in total. The minimum atomic E-state index is -0.814. The third-order valence-electron chi connectivity index (χ3n) is 7.64. The van der Waals surface area contributed by atoms with Gasteiger partial charge in [-0.3, -0.25) is 0 Å². The molecule has 0 aliphatic carbocycles. The molecular formula is C39H35P3. The molecule has 6 aromatic carbocycles. The fourth-order valence-electron chi connectivity index (χ4n) is 5.92. The van der Waals surface area contributed by atoms with E-state index in [2.05, 4.69) is 189 Å². The average Bonchev–Trinajstić information content (AvgIpc) is 3.08. The Balaban J connectivity index is 1.78. The van der Waals surface area contributed by atoms with Gasteiger partial charge in [-0.2, -0.15) is 0 Å². The van der Waals surface area contributed by atoms with Gasteiger partial charge in [0.05, 0.1) is 4.64 Å². The summed E-state index contributed by atoms with van der Waals surface area (Å²) in [5.41, 5.74) is 0. The maximum Gasteiger partial charge on any atom is 0.0543 e. The molecule has 0 amide bonds.